The van der Waals surface area contributed by atoms with Gasteiger partial charge < -0.3 is 5.11 Å². The zero-order chi connectivity index (χ0) is 9.72. The first kappa shape index (κ1) is 11.4. The van der Waals surface area contributed by atoms with Gasteiger partial charge in [0.2, 0.25) is 6.04 Å². The molecule has 0 heterocycles. The van der Waals surface area contributed by atoms with Crippen molar-refractivity contribution in [1.82, 2.24) is 0 Å². The fraction of sp³-hybridized carbons (Fsp3) is 1.00. The second-order valence-electron chi connectivity index (χ2n) is 3.38. The van der Waals surface area contributed by atoms with Crippen LogP contribution in [-0.2, 0) is 0 Å². The SMILES string of the molecule is CCC[C@H]([C@H](O)C(C)C)[N+](=O)[O-]. The van der Waals surface area contributed by atoms with Crippen LogP contribution >= 0.6 is 0 Å². The van der Waals surface area contributed by atoms with E-state index >= 15 is 0 Å². The van der Waals surface area contributed by atoms with Crippen molar-refractivity contribution in [3.8, 4) is 0 Å². The minimum atomic E-state index is -0.819. The van der Waals surface area contributed by atoms with Gasteiger partial charge in [-0.05, 0) is 12.3 Å². The fourth-order valence-electron chi connectivity index (χ4n) is 1.14. The monoisotopic (exact) mass is 175 g/mol. The molecule has 0 aliphatic heterocycles. The first-order chi connectivity index (χ1) is 5.50. The highest BCUT2D eigenvalue weighted by Gasteiger charge is 2.30. The quantitative estimate of drug-likeness (QED) is 0.508. The third-order valence-electron chi connectivity index (χ3n) is 1.93. The Morgan fingerprint density at radius 3 is 2.25 bits per heavy atom. The summed E-state index contributed by atoms with van der Waals surface area (Å²) in [5.41, 5.74) is 0. The number of hydrogen-bond acceptors (Lipinski definition) is 3. The van der Waals surface area contributed by atoms with Crippen molar-refractivity contribution >= 4 is 0 Å². The Kier molecular flexibility index (Phi) is 4.81. The van der Waals surface area contributed by atoms with Crippen LogP contribution in [0, 0.1) is 16.0 Å². The van der Waals surface area contributed by atoms with E-state index in [0.717, 1.165) is 6.42 Å². The van der Waals surface area contributed by atoms with Crippen molar-refractivity contribution in [2.24, 2.45) is 5.92 Å². The molecule has 0 saturated carbocycles. The molecule has 0 aromatic rings. The molecule has 0 aliphatic carbocycles. The number of nitro groups is 1. The zero-order valence-electron chi connectivity index (χ0n) is 7.86. The molecule has 0 spiro atoms. The molecule has 0 rings (SSSR count). The summed E-state index contributed by atoms with van der Waals surface area (Å²) in [6.07, 6.45) is 0.363. The first-order valence-corrected chi connectivity index (χ1v) is 4.32. The van der Waals surface area contributed by atoms with E-state index in [0.29, 0.717) is 6.42 Å². The molecule has 0 saturated heterocycles. The highest BCUT2D eigenvalue weighted by Crippen LogP contribution is 2.13. The van der Waals surface area contributed by atoms with E-state index in [-0.39, 0.29) is 10.8 Å². The Bertz CT molecular complexity index is 147. The van der Waals surface area contributed by atoms with Crippen LogP contribution in [0.5, 0.6) is 0 Å². The van der Waals surface area contributed by atoms with E-state index in [1.807, 2.05) is 6.92 Å². The van der Waals surface area contributed by atoms with E-state index in [4.69, 9.17) is 0 Å². The van der Waals surface area contributed by atoms with E-state index in [2.05, 4.69) is 0 Å². The molecule has 0 fully saturated rings. The Morgan fingerprint density at radius 2 is 2.00 bits per heavy atom. The van der Waals surface area contributed by atoms with E-state index < -0.39 is 12.1 Å². The van der Waals surface area contributed by atoms with Crippen LogP contribution in [0.15, 0.2) is 0 Å². The van der Waals surface area contributed by atoms with E-state index in [1.165, 1.54) is 0 Å². The largest absolute Gasteiger partial charge is 0.386 e. The lowest BCUT2D eigenvalue weighted by molar-refractivity contribution is -0.537. The van der Waals surface area contributed by atoms with Gasteiger partial charge in [-0.3, -0.25) is 10.1 Å². The van der Waals surface area contributed by atoms with Gasteiger partial charge in [0.25, 0.3) is 0 Å². The number of hydrogen-bond donors (Lipinski definition) is 1. The fourth-order valence-corrected chi connectivity index (χ4v) is 1.14. The van der Waals surface area contributed by atoms with Crippen LogP contribution in [0.3, 0.4) is 0 Å². The highest BCUT2D eigenvalue weighted by atomic mass is 16.6. The van der Waals surface area contributed by atoms with E-state index in [1.54, 1.807) is 13.8 Å². The molecule has 1 N–H and O–H groups in total. The second kappa shape index (κ2) is 5.09. The lowest BCUT2D eigenvalue weighted by Gasteiger charge is -2.18. The average Bonchev–Trinajstić information content (AvgIpc) is 1.98. The number of rotatable bonds is 5. The van der Waals surface area contributed by atoms with Gasteiger partial charge in [0.05, 0.1) is 0 Å². The topological polar surface area (TPSA) is 63.4 Å². The summed E-state index contributed by atoms with van der Waals surface area (Å²) in [6, 6.07) is -0.796. The molecular weight excluding hydrogens is 158 g/mol. The van der Waals surface area contributed by atoms with Crippen LogP contribution in [-0.4, -0.2) is 22.2 Å². The summed E-state index contributed by atoms with van der Waals surface area (Å²) in [7, 11) is 0. The summed E-state index contributed by atoms with van der Waals surface area (Å²) in [5, 5.41) is 19.9. The zero-order valence-corrected chi connectivity index (χ0v) is 7.86. The van der Waals surface area contributed by atoms with Gasteiger partial charge in [0.15, 0.2) is 0 Å². The molecule has 0 aromatic carbocycles. The van der Waals surface area contributed by atoms with Crippen molar-refractivity contribution in [2.75, 3.05) is 0 Å². The van der Waals surface area contributed by atoms with Crippen molar-refractivity contribution in [3.63, 3.8) is 0 Å². The predicted octanol–water partition coefficient (Wildman–Crippen LogP) is 1.45. The molecule has 2 atom stereocenters. The third-order valence-corrected chi connectivity index (χ3v) is 1.93. The Morgan fingerprint density at radius 1 is 1.50 bits per heavy atom. The maximum atomic E-state index is 10.5. The highest BCUT2D eigenvalue weighted by molar-refractivity contribution is 4.70. The van der Waals surface area contributed by atoms with Gasteiger partial charge in [-0.1, -0.05) is 20.8 Å². The van der Waals surface area contributed by atoms with Crippen LogP contribution in [0.2, 0.25) is 0 Å². The molecule has 0 radical (unpaired) electrons. The molecular formula is C8H17NO3. The molecule has 4 nitrogen and oxygen atoms in total. The van der Waals surface area contributed by atoms with Crippen LogP contribution in [0.25, 0.3) is 0 Å². The number of aliphatic hydroxyl groups excluding tert-OH is 1. The summed E-state index contributed by atoms with van der Waals surface area (Å²) in [6.45, 7) is 5.46. The van der Waals surface area contributed by atoms with Crippen molar-refractivity contribution in [1.29, 1.82) is 0 Å². The predicted molar refractivity (Wildman–Crippen MR) is 46.5 cm³/mol. The number of nitrogens with zero attached hydrogens (tertiary/aromatic N) is 1. The summed E-state index contributed by atoms with van der Waals surface area (Å²) in [4.78, 5) is 10.1. The molecule has 0 amide bonds. The van der Waals surface area contributed by atoms with Gasteiger partial charge in [0.1, 0.15) is 6.10 Å². The van der Waals surface area contributed by atoms with Gasteiger partial charge in [-0.25, -0.2) is 0 Å². The normalized spacial score (nSPS) is 16.1. The first-order valence-electron chi connectivity index (χ1n) is 4.32. The van der Waals surface area contributed by atoms with Gasteiger partial charge in [-0.15, -0.1) is 0 Å². The minimum absolute atomic E-state index is 0.0491. The van der Waals surface area contributed by atoms with E-state index in [9.17, 15) is 15.2 Å². The summed E-state index contributed by atoms with van der Waals surface area (Å²) < 4.78 is 0. The molecule has 4 heteroatoms. The molecule has 0 unspecified atom stereocenters. The standard InChI is InChI=1S/C8H17NO3/c1-4-5-7(9(11)12)8(10)6(2)3/h6-8,10H,4-5H2,1-3H3/t7-,8-/m1/s1. The maximum absolute atomic E-state index is 10.5. The summed E-state index contributed by atoms with van der Waals surface area (Å²) in [5.74, 6) is -0.0491. The Hall–Kier alpha value is -0.640. The smallest absolute Gasteiger partial charge is 0.238 e. The lowest BCUT2D eigenvalue weighted by atomic mass is 9.97. The lowest BCUT2D eigenvalue weighted by Crippen LogP contribution is -2.37. The van der Waals surface area contributed by atoms with Crippen LogP contribution < -0.4 is 0 Å². The minimum Gasteiger partial charge on any atom is -0.386 e. The average molecular weight is 175 g/mol. The third kappa shape index (κ3) is 3.17. The van der Waals surface area contributed by atoms with Gasteiger partial charge in [-0.2, -0.15) is 0 Å². The molecule has 0 aromatic heterocycles. The van der Waals surface area contributed by atoms with Gasteiger partial charge in [0, 0.05) is 11.3 Å². The van der Waals surface area contributed by atoms with Crippen LogP contribution in [0.4, 0.5) is 0 Å². The van der Waals surface area contributed by atoms with Gasteiger partial charge >= 0.3 is 0 Å². The molecule has 12 heavy (non-hydrogen) atoms. The maximum Gasteiger partial charge on any atom is 0.238 e. The summed E-state index contributed by atoms with van der Waals surface area (Å²) >= 11 is 0. The Labute approximate surface area is 72.7 Å². The second-order valence-corrected chi connectivity index (χ2v) is 3.38. The van der Waals surface area contributed by atoms with Crippen molar-refractivity contribution in [3.05, 3.63) is 10.1 Å². The van der Waals surface area contributed by atoms with Crippen molar-refractivity contribution < 1.29 is 10.0 Å². The van der Waals surface area contributed by atoms with Crippen molar-refractivity contribution in [2.45, 2.75) is 45.8 Å². The number of aliphatic hydroxyl groups is 1. The molecule has 0 aliphatic rings. The van der Waals surface area contributed by atoms with Crippen LogP contribution in [0.1, 0.15) is 33.6 Å². The Balaban J connectivity index is 4.18. The molecule has 72 valence electrons. The molecule has 0 bridgehead atoms.